The van der Waals surface area contributed by atoms with E-state index in [1.54, 1.807) is 0 Å². The van der Waals surface area contributed by atoms with Crippen LogP contribution >= 0.6 is 11.8 Å². The van der Waals surface area contributed by atoms with Crippen molar-refractivity contribution in [1.29, 1.82) is 0 Å². The Kier molecular flexibility index (Phi) is 8.14. The fourth-order valence-electron chi connectivity index (χ4n) is 1.51. The van der Waals surface area contributed by atoms with Crippen LogP contribution in [0.1, 0.15) is 39.5 Å². The van der Waals surface area contributed by atoms with Crippen molar-refractivity contribution in [3.05, 3.63) is 0 Å². The summed E-state index contributed by atoms with van der Waals surface area (Å²) in [4.78, 5) is 0. The molecule has 0 heterocycles. The molecule has 0 aromatic rings. The number of hydrogen-bond acceptors (Lipinski definition) is 2. The van der Waals surface area contributed by atoms with E-state index in [1.807, 2.05) is 11.8 Å². The van der Waals surface area contributed by atoms with E-state index in [9.17, 15) is 0 Å². The lowest BCUT2D eigenvalue weighted by molar-refractivity contribution is 0.428. The molecular weight excluding hydrogens is 166 g/mol. The SMILES string of the molecule is CCCC(C)CC(N)CCSC. The van der Waals surface area contributed by atoms with Gasteiger partial charge in [0, 0.05) is 6.04 Å². The highest BCUT2D eigenvalue weighted by Crippen LogP contribution is 2.13. The first-order valence-electron chi connectivity index (χ1n) is 4.95. The standard InChI is InChI=1S/C10H23NS/c1-4-5-9(2)8-10(11)6-7-12-3/h9-10H,4-8,11H2,1-3H3. The maximum Gasteiger partial charge on any atom is 0.00492 e. The van der Waals surface area contributed by atoms with Crippen molar-refractivity contribution in [3.63, 3.8) is 0 Å². The smallest absolute Gasteiger partial charge is 0.00492 e. The first-order valence-corrected chi connectivity index (χ1v) is 6.34. The van der Waals surface area contributed by atoms with Crippen LogP contribution in [0.2, 0.25) is 0 Å². The Morgan fingerprint density at radius 1 is 1.33 bits per heavy atom. The number of hydrogen-bond donors (Lipinski definition) is 1. The number of nitrogens with two attached hydrogens (primary N) is 1. The highest BCUT2D eigenvalue weighted by atomic mass is 32.2. The van der Waals surface area contributed by atoms with Crippen LogP contribution in [-0.4, -0.2) is 18.1 Å². The van der Waals surface area contributed by atoms with E-state index in [0.29, 0.717) is 6.04 Å². The van der Waals surface area contributed by atoms with Crippen molar-refractivity contribution < 1.29 is 0 Å². The summed E-state index contributed by atoms with van der Waals surface area (Å²) in [6.45, 7) is 4.55. The molecular formula is C10H23NS. The zero-order valence-electron chi connectivity index (χ0n) is 8.68. The van der Waals surface area contributed by atoms with E-state index in [-0.39, 0.29) is 0 Å². The molecule has 0 aliphatic carbocycles. The van der Waals surface area contributed by atoms with Crippen LogP contribution in [0.15, 0.2) is 0 Å². The molecule has 2 heteroatoms. The molecule has 0 aromatic heterocycles. The second kappa shape index (κ2) is 7.93. The Balaban J connectivity index is 3.33. The molecule has 0 bridgehead atoms. The molecule has 0 saturated carbocycles. The van der Waals surface area contributed by atoms with Gasteiger partial charge in [0.25, 0.3) is 0 Å². The Labute approximate surface area is 81.5 Å². The lowest BCUT2D eigenvalue weighted by Gasteiger charge is -2.15. The summed E-state index contributed by atoms with van der Waals surface area (Å²) in [6, 6.07) is 0.430. The van der Waals surface area contributed by atoms with Gasteiger partial charge in [-0.25, -0.2) is 0 Å². The Hall–Kier alpha value is 0.310. The van der Waals surface area contributed by atoms with Crippen LogP contribution < -0.4 is 5.73 Å². The normalized spacial score (nSPS) is 16.0. The molecule has 0 radical (unpaired) electrons. The van der Waals surface area contributed by atoms with Gasteiger partial charge in [-0.05, 0) is 30.8 Å². The predicted octanol–water partition coefficient (Wildman–Crippen LogP) is 2.89. The van der Waals surface area contributed by atoms with Crippen LogP contribution in [0.25, 0.3) is 0 Å². The molecule has 0 saturated heterocycles. The summed E-state index contributed by atoms with van der Waals surface area (Å²) in [5.41, 5.74) is 5.98. The van der Waals surface area contributed by atoms with Crippen molar-refractivity contribution in [2.75, 3.05) is 12.0 Å². The molecule has 0 amide bonds. The second-order valence-electron chi connectivity index (χ2n) is 3.67. The third-order valence-electron chi connectivity index (χ3n) is 2.18. The molecule has 2 atom stereocenters. The van der Waals surface area contributed by atoms with Gasteiger partial charge in [0.2, 0.25) is 0 Å². The van der Waals surface area contributed by atoms with Gasteiger partial charge >= 0.3 is 0 Å². The first kappa shape index (κ1) is 12.3. The van der Waals surface area contributed by atoms with Crippen molar-refractivity contribution in [3.8, 4) is 0 Å². The highest BCUT2D eigenvalue weighted by Gasteiger charge is 2.07. The maximum atomic E-state index is 5.98. The average Bonchev–Trinajstić information content (AvgIpc) is 2.01. The van der Waals surface area contributed by atoms with Gasteiger partial charge in [-0.2, -0.15) is 11.8 Å². The third kappa shape index (κ3) is 6.99. The quantitative estimate of drug-likeness (QED) is 0.666. The zero-order valence-corrected chi connectivity index (χ0v) is 9.49. The minimum absolute atomic E-state index is 0.430. The lowest BCUT2D eigenvalue weighted by atomic mass is 9.96. The van der Waals surface area contributed by atoms with E-state index >= 15 is 0 Å². The van der Waals surface area contributed by atoms with Crippen LogP contribution in [0.5, 0.6) is 0 Å². The summed E-state index contributed by atoms with van der Waals surface area (Å²) < 4.78 is 0. The van der Waals surface area contributed by atoms with E-state index in [4.69, 9.17) is 5.73 Å². The maximum absolute atomic E-state index is 5.98. The van der Waals surface area contributed by atoms with Crippen molar-refractivity contribution in [1.82, 2.24) is 0 Å². The van der Waals surface area contributed by atoms with Crippen molar-refractivity contribution in [2.45, 2.75) is 45.6 Å². The van der Waals surface area contributed by atoms with Gasteiger partial charge in [-0.15, -0.1) is 0 Å². The summed E-state index contributed by atoms with van der Waals surface area (Å²) in [5.74, 6) is 2.02. The minimum atomic E-state index is 0.430. The second-order valence-corrected chi connectivity index (χ2v) is 4.66. The van der Waals surface area contributed by atoms with Crippen LogP contribution in [-0.2, 0) is 0 Å². The molecule has 2 N–H and O–H groups in total. The van der Waals surface area contributed by atoms with Gasteiger partial charge in [0.1, 0.15) is 0 Å². The number of rotatable bonds is 7. The monoisotopic (exact) mass is 189 g/mol. The Morgan fingerprint density at radius 2 is 2.00 bits per heavy atom. The summed E-state index contributed by atoms with van der Waals surface area (Å²) in [6.07, 6.45) is 7.13. The van der Waals surface area contributed by atoms with E-state index < -0.39 is 0 Å². The molecule has 1 nitrogen and oxygen atoms in total. The zero-order chi connectivity index (χ0) is 9.40. The van der Waals surface area contributed by atoms with E-state index in [0.717, 1.165) is 5.92 Å². The molecule has 12 heavy (non-hydrogen) atoms. The molecule has 0 spiro atoms. The Bertz CT molecular complexity index is 95.8. The van der Waals surface area contributed by atoms with Gasteiger partial charge in [-0.1, -0.05) is 26.7 Å². The van der Waals surface area contributed by atoms with Crippen LogP contribution in [0.3, 0.4) is 0 Å². The van der Waals surface area contributed by atoms with E-state index in [1.165, 1.54) is 31.4 Å². The van der Waals surface area contributed by atoms with E-state index in [2.05, 4.69) is 20.1 Å². The molecule has 2 unspecified atom stereocenters. The summed E-state index contributed by atoms with van der Waals surface area (Å²) >= 11 is 1.89. The Morgan fingerprint density at radius 3 is 2.50 bits per heavy atom. The fraction of sp³-hybridized carbons (Fsp3) is 1.00. The van der Waals surface area contributed by atoms with Gasteiger partial charge < -0.3 is 5.73 Å². The molecule has 0 rings (SSSR count). The summed E-state index contributed by atoms with van der Waals surface area (Å²) in [5, 5.41) is 0. The molecule has 74 valence electrons. The van der Waals surface area contributed by atoms with Crippen molar-refractivity contribution in [2.24, 2.45) is 11.7 Å². The average molecular weight is 189 g/mol. The molecule has 0 fully saturated rings. The largest absolute Gasteiger partial charge is 0.328 e. The predicted molar refractivity (Wildman–Crippen MR) is 59.7 cm³/mol. The topological polar surface area (TPSA) is 26.0 Å². The fourth-order valence-corrected chi connectivity index (χ4v) is 2.05. The summed E-state index contributed by atoms with van der Waals surface area (Å²) in [7, 11) is 0. The van der Waals surface area contributed by atoms with Crippen LogP contribution in [0.4, 0.5) is 0 Å². The van der Waals surface area contributed by atoms with Gasteiger partial charge in [0.15, 0.2) is 0 Å². The third-order valence-corrected chi connectivity index (χ3v) is 2.82. The minimum Gasteiger partial charge on any atom is -0.328 e. The number of thioether (sulfide) groups is 1. The molecule has 0 aromatic carbocycles. The van der Waals surface area contributed by atoms with Crippen molar-refractivity contribution >= 4 is 11.8 Å². The molecule has 0 aliphatic heterocycles. The lowest BCUT2D eigenvalue weighted by Crippen LogP contribution is -2.23. The van der Waals surface area contributed by atoms with Crippen LogP contribution in [0, 0.1) is 5.92 Å². The van der Waals surface area contributed by atoms with Gasteiger partial charge in [0.05, 0.1) is 0 Å². The molecule has 0 aliphatic rings. The highest BCUT2D eigenvalue weighted by molar-refractivity contribution is 7.98. The van der Waals surface area contributed by atoms with Gasteiger partial charge in [-0.3, -0.25) is 0 Å². The first-order chi connectivity index (χ1) is 5.70.